The highest BCUT2D eigenvalue weighted by Crippen LogP contribution is 2.23. The highest BCUT2D eigenvalue weighted by atomic mass is 35.5. The molecule has 0 bridgehead atoms. The van der Waals surface area contributed by atoms with Gasteiger partial charge in [-0.15, -0.1) is 24.2 Å². The van der Waals surface area contributed by atoms with Gasteiger partial charge in [0.05, 0.1) is 7.11 Å². The van der Waals surface area contributed by atoms with Gasteiger partial charge in [-0.05, 0) is 43.7 Å². The Bertz CT molecular complexity index is 312. The van der Waals surface area contributed by atoms with Crippen molar-refractivity contribution in [3.05, 3.63) is 24.3 Å². The van der Waals surface area contributed by atoms with Crippen LogP contribution >= 0.6 is 24.2 Å². The molecule has 96 valence electrons. The highest BCUT2D eigenvalue weighted by Gasteiger charge is 2.12. The molecular formula is C13H20ClNOS. The summed E-state index contributed by atoms with van der Waals surface area (Å²) < 4.78 is 5.14. The molecular weight excluding hydrogens is 254 g/mol. The quantitative estimate of drug-likeness (QED) is 0.850. The van der Waals surface area contributed by atoms with Gasteiger partial charge in [0.25, 0.3) is 0 Å². The molecule has 2 nitrogen and oxygen atoms in total. The van der Waals surface area contributed by atoms with E-state index >= 15 is 0 Å². The van der Waals surface area contributed by atoms with Crippen LogP contribution in [0.1, 0.15) is 19.3 Å². The Balaban J connectivity index is 0.00000144. The van der Waals surface area contributed by atoms with E-state index in [1.54, 1.807) is 7.11 Å². The summed E-state index contributed by atoms with van der Waals surface area (Å²) in [5.74, 6) is 2.10. The molecule has 17 heavy (non-hydrogen) atoms. The van der Waals surface area contributed by atoms with Crippen molar-refractivity contribution in [1.82, 2.24) is 5.32 Å². The van der Waals surface area contributed by atoms with Gasteiger partial charge in [-0.2, -0.15) is 0 Å². The molecule has 1 aromatic carbocycles. The Morgan fingerprint density at radius 2 is 2.06 bits per heavy atom. The third-order valence-corrected chi connectivity index (χ3v) is 4.10. The number of piperidine rings is 1. The number of thioether (sulfide) groups is 1. The monoisotopic (exact) mass is 273 g/mol. The van der Waals surface area contributed by atoms with Gasteiger partial charge in [-0.3, -0.25) is 0 Å². The van der Waals surface area contributed by atoms with Gasteiger partial charge in [-0.1, -0.05) is 6.42 Å². The molecule has 0 spiro atoms. The summed E-state index contributed by atoms with van der Waals surface area (Å²) >= 11 is 1.93. The summed E-state index contributed by atoms with van der Waals surface area (Å²) in [6.45, 7) is 1.19. The number of methoxy groups -OCH3 is 1. The first-order valence-electron chi connectivity index (χ1n) is 5.89. The zero-order chi connectivity index (χ0) is 11.2. The molecule has 0 amide bonds. The molecule has 1 aliphatic heterocycles. The van der Waals surface area contributed by atoms with E-state index in [-0.39, 0.29) is 12.4 Å². The lowest BCUT2D eigenvalue weighted by Crippen LogP contribution is -2.35. The van der Waals surface area contributed by atoms with Crippen LogP contribution in [-0.4, -0.2) is 25.4 Å². The van der Waals surface area contributed by atoms with Gasteiger partial charge in [-0.25, -0.2) is 0 Å². The lowest BCUT2D eigenvalue weighted by molar-refractivity contribution is 0.414. The molecule has 1 aromatic rings. The fourth-order valence-electron chi connectivity index (χ4n) is 1.94. The molecule has 1 heterocycles. The average molecular weight is 274 g/mol. The van der Waals surface area contributed by atoms with Crippen LogP contribution in [-0.2, 0) is 0 Å². The topological polar surface area (TPSA) is 21.3 Å². The molecule has 2 rings (SSSR count). The van der Waals surface area contributed by atoms with E-state index in [9.17, 15) is 0 Å². The fourth-order valence-corrected chi connectivity index (χ4v) is 2.94. The summed E-state index contributed by atoms with van der Waals surface area (Å²) in [6.07, 6.45) is 4.04. The maximum atomic E-state index is 5.14. The Kier molecular flexibility index (Phi) is 6.78. The standard InChI is InChI=1S/C13H19NOS.ClH/c1-15-12-5-7-13(8-6-12)16-10-11-4-2-3-9-14-11;/h5-8,11,14H,2-4,9-10H2,1H3;1H. The number of rotatable bonds is 4. The minimum atomic E-state index is 0. The Morgan fingerprint density at radius 3 is 2.65 bits per heavy atom. The molecule has 1 atom stereocenters. The van der Waals surface area contributed by atoms with Gasteiger partial charge in [0.15, 0.2) is 0 Å². The SMILES string of the molecule is COc1ccc(SCC2CCCCN2)cc1.Cl. The fraction of sp³-hybridized carbons (Fsp3) is 0.538. The van der Waals surface area contributed by atoms with Gasteiger partial charge in [0, 0.05) is 16.7 Å². The summed E-state index contributed by atoms with van der Waals surface area (Å²) in [7, 11) is 1.70. The van der Waals surface area contributed by atoms with E-state index in [1.807, 2.05) is 23.9 Å². The molecule has 1 aliphatic rings. The van der Waals surface area contributed by atoms with Crippen molar-refractivity contribution in [2.45, 2.75) is 30.2 Å². The summed E-state index contributed by atoms with van der Waals surface area (Å²) in [6, 6.07) is 9.01. The van der Waals surface area contributed by atoms with Crippen molar-refractivity contribution in [1.29, 1.82) is 0 Å². The molecule has 1 saturated heterocycles. The Hall–Kier alpha value is -0.380. The second kappa shape index (κ2) is 7.85. The number of halogens is 1. The first kappa shape index (κ1) is 14.7. The predicted molar refractivity (Wildman–Crippen MR) is 76.6 cm³/mol. The van der Waals surface area contributed by atoms with Crippen molar-refractivity contribution >= 4 is 24.2 Å². The number of hydrogen-bond acceptors (Lipinski definition) is 3. The van der Waals surface area contributed by atoms with E-state index < -0.39 is 0 Å². The van der Waals surface area contributed by atoms with E-state index in [4.69, 9.17) is 4.74 Å². The normalized spacial score (nSPS) is 19.5. The predicted octanol–water partition coefficient (Wildman–Crippen LogP) is 3.35. The van der Waals surface area contributed by atoms with Crippen molar-refractivity contribution in [3.8, 4) is 5.75 Å². The van der Waals surface area contributed by atoms with E-state index in [0.29, 0.717) is 6.04 Å². The second-order valence-corrected chi connectivity index (χ2v) is 5.23. The van der Waals surface area contributed by atoms with Gasteiger partial charge in [0.1, 0.15) is 5.75 Å². The minimum absolute atomic E-state index is 0. The number of nitrogens with one attached hydrogen (secondary N) is 1. The van der Waals surface area contributed by atoms with Crippen molar-refractivity contribution in [3.63, 3.8) is 0 Å². The maximum Gasteiger partial charge on any atom is 0.118 e. The third kappa shape index (κ3) is 4.78. The third-order valence-electron chi connectivity index (χ3n) is 2.92. The van der Waals surface area contributed by atoms with Gasteiger partial charge in [0.2, 0.25) is 0 Å². The van der Waals surface area contributed by atoms with E-state index in [1.165, 1.54) is 36.5 Å². The molecule has 0 radical (unpaired) electrons. The molecule has 0 saturated carbocycles. The van der Waals surface area contributed by atoms with Crippen LogP contribution in [0.25, 0.3) is 0 Å². The molecule has 4 heteroatoms. The lowest BCUT2D eigenvalue weighted by Gasteiger charge is -2.22. The van der Waals surface area contributed by atoms with Crippen molar-refractivity contribution in [2.24, 2.45) is 0 Å². The average Bonchev–Trinajstić information content (AvgIpc) is 2.38. The van der Waals surface area contributed by atoms with Crippen LogP contribution in [0.4, 0.5) is 0 Å². The smallest absolute Gasteiger partial charge is 0.118 e. The summed E-state index contributed by atoms with van der Waals surface area (Å²) in [4.78, 5) is 1.33. The number of benzene rings is 1. The second-order valence-electron chi connectivity index (χ2n) is 4.13. The zero-order valence-corrected chi connectivity index (χ0v) is 11.8. The zero-order valence-electron chi connectivity index (χ0n) is 10.1. The van der Waals surface area contributed by atoms with Crippen LogP contribution in [0, 0.1) is 0 Å². The summed E-state index contributed by atoms with van der Waals surface area (Å²) in [5.41, 5.74) is 0. The van der Waals surface area contributed by atoms with Crippen LogP contribution in [0.5, 0.6) is 5.75 Å². The first-order chi connectivity index (χ1) is 7.88. The largest absolute Gasteiger partial charge is 0.497 e. The molecule has 0 aromatic heterocycles. The summed E-state index contributed by atoms with van der Waals surface area (Å²) in [5, 5.41) is 3.57. The van der Waals surface area contributed by atoms with Gasteiger partial charge >= 0.3 is 0 Å². The number of ether oxygens (including phenoxy) is 1. The minimum Gasteiger partial charge on any atom is -0.497 e. The van der Waals surface area contributed by atoms with Crippen LogP contribution in [0.15, 0.2) is 29.2 Å². The van der Waals surface area contributed by atoms with Gasteiger partial charge < -0.3 is 10.1 Å². The van der Waals surface area contributed by atoms with Crippen LogP contribution < -0.4 is 10.1 Å². The molecule has 1 unspecified atom stereocenters. The van der Waals surface area contributed by atoms with Crippen molar-refractivity contribution < 1.29 is 4.74 Å². The Labute approximate surface area is 114 Å². The highest BCUT2D eigenvalue weighted by molar-refractivity contribution is 7.99. The lowest BCUT2D eigenvalue weighted by atomic mass is 10.1. The van der Waals surface area contributed by atoms with E-state index in [0.717, 1.165) is 5.75 Å². The number of hydrogen-bond donors (Lipinski definition) is 1. The molecule has 1 N–H and O–H groups in total. The van der Waals surface area contributed by atoms with E-state index in [2.05, 4.69) is 17.4 Å². The van der Waals surface area contributed by atoms with Crippen molar-refractivity contribution in [2.75, 3.05) is 19.4 Å². The molecule has 0 aliphatic carbocycles. The van der Waals surface area contributed by atoms with Crippen LogP contribution in [0.3, 0.4) is 0 Å². The molecule has 1 fully saturated rings. The maximum absolute atomic E-state index is 5.14. The van der Waals surface area contributed by atoms with Crippen LogP contribution in [0.2, 0.25) is 0 Å². The first-order valence-corrected chi connectivity index (χ1v) is 6.87. The Morgan fingerprint density at radius 1 is 1.29 bits per heavy atom.